The molecular weight excluding hydrogens is 262 g/mol. The first kappa shape index (κ1) is 14.1. The van der Waals surface area contributed by atoms with E-state index in [1.54, 1.807) is 16.7 Å². The van der Waals surface area contributed by atoms with Crippen molar-refractivity contribution in [3.8, 4) is 11.5 Å². The third-order valence-electron chi connectivity index (χ3n) is 2.99. The number of ether oxygens (including phenoxy) is 2. The Balaban J connectivity index is 1.86. The fourth-order valence-electron chi connectivity index (χ4n) is 1.94. The highest BCUT2D eigenvalue weighted by molar-refractivity contribution is 7.98. The number of thioether (sulfide) groups is 1. The Morgan fingerprint density at radius 3 is 2.89 bits per heavy atom. The second kappa shape index (κ2) is 6.70. The highest BCUT2D eigenvalue weighted by Crippen LogP contribution is 2.30. The van der Waals surface area contributed by atoms with Gasteiger partial charge in [-0.25, -0.2) is 0 Å². The number of nitrogens with zero attached hydrogens (tertiary/aromatic N) is 1. The molecule has 19 heavy (non-hydrogen) atoms. The number of para-hydroxylation sites is 2. The third-order valence-corrected chi connectivity index (χ3v) is 3.60. The first-order chi connectivity index (χ1) is 9.20. The van der Waals surface area contributed by atoms with Crippen LogP contribution in [0.4, 0.5) is 0 Å². The highest BCUT2D eigenvalue weighted by atomic mass is 32.2. The van der Waals surface area contributed by atoms with Gasteiger partial charge in [-0.05, 0) is 18.4 Å². The maximum absolute atomic E-state index is 11.8. The molecule has 1 unspecified atom stereocenters. The van der Waals surface area contributed by atoms with E-state index in [-0.39, 0.29) is 12.0 Å². The van der Waals surface area contributed by atoms with Gasteiger partial charge in [-0.15, -0.1) is 0 Å². The Morgan fingerprint density at radius 2 is 2.16 bits per heavy atom. The third kappa shape index (κ3) is 3.80. The number of likely N-dealkylation sites (N-methyl/N-ethyl adjacent to an activating group) is 1. The minimum Gasteiger partial charge on any atom is -0.486 e. The van der Waals surface area contributed by atoms with Crippen molar-refractivity contribution < 1.29 is 14.3 Å². The molecular formula is C14H19NO3S. The molecule has 1 amide bonds. The number of rotatable bonds is 5. The number of carbonyl (C=O) groups excluding carboxylic acids is 1. The van der Waals surface area contributed by atoms with Crippen LogP contribution in [0.2, 0.25) is 0 Å². The Labute approximate surface area is 118 Å². The van der Waals surface area contributed by atoms with E-state index in [4.69, 9.17) is 9.47 Å². The van der Waals surface area contributed by atoms with Crippen molar-refractivity contribution in [2.24, 2.45) is 0 Å². The molecule has 1 aliphatic rings. The smallest absolute Gasteiger partial charge is 0.223 e. The molecule has 0 saturated carbocycles. The van der Waals surface area contributed by atoms with Gasteiger partial charge in [0.25, 0.3) is 0 Å². The number of benzene rings is 1. The first-order valence-electron chi connectivity index (χ1n) is 6.32. The monoisotopic (exact) mass is 281 g/mol. The van der Waals surface area contributed by atoms with Gasteiger partial charge in [-0.2, -0.15) is 11.8 Å². The highest BCUT2D eigenvalue weighted by Gasteiger charge is 2.23. The minimum absolute atomic E-state index is 0.0990. The summed E-state index contributed by atoms with van der Waals surface area (Å²) in [6.07, 6.45) is 2.47. The molecule has 104 valence electrons. The Hall–Kier alpha value is -1.36. The zero-order valence-electron chi connectivity index (χ0n) is 11.3. The van der Waals surface area contributed by atoms with Crippen LogP contribution in [0, 0.1) is 0 Å². The predicted molar refractivity (Wildman–Crippen MR) is 77.0 cm³/mol. The summed E-state index contributed by atoms with van der Waals surface area (Å²) in [6.45, 7) is 1.04. The molecule has 5 heteroatoms. The summed E-state index contributed by atoms with van der Waals surface area (Å²) in [5, 5.41) is 0. The van der Waals surface area contributed by atoms with E-state index in [9.17, 15) is 4.79 Å². The maximum atomic E-state index is 11.8. The normalized spacial score (nSPS) is 17.1. The maximum Gasteiger partial charge on any atom is 0.223 e. The average molecular weight is 281 g/mol. The summed E-state index contributed by atoms with van der Waals surface area (Å²) in [6, 6.07) is 7.61. The summed E-state index contributed by atoms with van der Waals surface area (Å²) >= 11 is 1.68. The molecule has 0 radical (unpaired) electrons. The molecule has 0 saturated heterocycles. The van der Waals surface area contributed by atoms with Crippen LogP contribution in [-0.2, 0) is 4.79 Å². The molecule has 0 spiro atoms. The van der Waals surface area contributed by atoms with Crippen LogP contribution in [0.3, 0.4) is 0 Å². The van der Waals surface area contributed by atoms with Crippen LogP contribution in [-0.4, -0.2) is 49.1 Å². The SMILES string of the molecule is CSCCC(=O)N(C)CC1COc2ccccc2O1. The standard InChI is InChI=1S/C14H19NO3S/c1-15(14(16)7-8-19-2)9-11-10-17-12-5-3-4-6-13(12)18-11/h3-6,11H,7-10H2,1-2H3. The zero-order valence-corrected chi connectivity index (χ0v) is 12.1. The van der Waals surface area contributed by atoms with Crippen LogP contribution in [0.25, 0.3) is 0 Å². The minimum atomic E-state index is -0.0990. The molecule has 1 aromatic carbocycles. The average Bonchev–Trinajstić information content (AvgIpc) is 2.44. The quantitative estimate of drug-likeness (QED) is 0.828. The molecule has 0 aromatic heterocycles. The lowest BCUT2D eigenvalue weighted by molar-refractivity contribution is -0.130. The number of fused-ring (bicyclic) bond motifs is 1. The van der Waals surface area contributed by atoms with E-state index in [0.717, 1.165) is 17.3 Å². The van der Waals surface area contributed by atoms with E-state index < -0.39 is 0 Å². The molecule has 4 nitrogen and oxygen atoms in total. The van der Waals surface area contributed by atoms with E-state index in [1.807, 2.05) is 37.6 Å². The summed E-state index contributed by atoms with van der Waals surface area (Å²) in [5.74, 6) is 2.53. The van der Waals surface area contributed by atoms with E-state index in [1.165, 1.54) is 0 Å². The van der Waals surface area contributed by atoms with Crippen LogP contribution < -0.4 is 9.47 Å². The second-order valence-electron chi connectivity index (χ2n) is 4.51. The van der Waals surface area contributed by atoms with Gasteiger partial charge in [0.05, 0.1) is 6.54 Å². The van der Waals surface area contributed by atoms with Crippen LogP contribution in [0.5, 0.6) is 11.5 Å². The molecule has 2 rings (SSSR count). The molecule has 0 N–H and O–H groups in total. The summed E-state index contributed by atoms with van der Waals surface area (Å²) in [4.78, 5) is 13.6. The Morgan fingerprint density at radius 1 is 1.42 bits per heavy atom. The Bertz CT molecular complexity index is 438. The molecule has 1 aliphatic heterocycles. The van der Waals surface area contributed by atoms with Crippen molar-refractivity contribution in [3.63, 3.8) is 0 Å². The van der Waals surface area contributed by atoms with E-state index in [2.05, 4.69) is 0 Å². The summed E-state index contributed by atoms with van der Waals surface area (Å²) < 4.78 is 11.5. The summed E-state index contributed by atoms with van der Waals surface area (Å²) in [7, 11) is 1.81. The lowest BCUT2D eigenvalue weighted by Crippen LogP contribution is -2.41. The molecule has 0 fully saturated rings. The van der Waals surface area contributed by atoms with Gasteiger partial charge in [0.2, 0.25) is 5.91 Å². The molecule has 1 aromatic rings. The van der Waals surface area contributed by atoms with Crippen molar-refractivity contribution in [1.82, 2.24) is 4.90 Å². The van der Waals surface area contributed by atoms with Crippen molar-refractivity contribution in [3.05, 3.63) is 24.3 Å². The molecule has 0 aliphatic carbocycles. The topological polar surface area (TPSA) is 38.8 Å². The van der Waals surface area contributed by atoms with Crippen molar-refractivity contribution >= 4 is 17.7 Å². The van der Waals surface area contributed by atoms with E-state index >= 15 is 0 Å². The van der Waals surface area contributed by atoms with Gasteiger partial charge in [-0.1, -0.05) is 12.1 Å². The van der Waals surface area contributed by atoms with Crippen molar-refractivity contribution in [2.75, 3.05) is 32.2 Å². The van der Waals surface area contributed by atoms with E-state index in [0.29, 0.717) is 19.6 Å². The van der Waals surface area contributed by atoms with Gasteiger partial charge in [0.1, 0.15) is 6.61 Å². The second-order valence-corrected chi connectivity index (χ2v) is 5.50. The van der Waals surface area contributed by atoms with Crippen molar-refractivity contribution in [1.29, 1.82) is 0 Å². The van der Waals surface area contributed by atoms with Crippen LogP contribution in [0.15, 0.2) is 24.3 Å². The lowest BCUT2D eigenvalue weighted by atomic mass is 10.2. The van der Waals surface area contributed by atoms with Gasteiger partial charge < -0.3 is 14.4 Å². The molecule has 0 bridgehead atoms. The fourth-order valence-corrected chi connectivity index (χ4v) is 2.32. The molecule has 1 heterocycles. The lowest BCUT2D eigenvalue weighted by Gasteiger charge is -2.29. The molecule has 1 atom stereocenters. The van der Waals surface area contributed by atoms with Crippen molar-refractivity contribution in [2.45, 2.75) is 12.5 Å². The van der Waals surface area contributed by atoms with Crippen LogP contribution >= 0.6 is 11.8 Å². The largest absolute Gasteiger partial charge is 0.486 e. The predicted octanol–water partition coefficient (Wildman–Crippen LogP) is 2.04. The summed E-state index contributed by atoms with van der Waals surface area (Å²) in [5.41, 5.74) is 0. The fraction of sp³-hybridized carbons (Fsp3) is 0.500. The van der Waals surface area contributed by atoms with Gasteiger partial charge in [0, 0.05) is 19.2 Å². The van der Waals surface area contributed by atoms with Gasteiger partial charge in [0.15, 0.2) is 17.6 Å². The van der Waals surface area contributed by atoms with Crippen LogP contribution in [0.1, 0.15) is 6.42 Å². The number of hydrogen-bond acceptors (Lipinski definition) is 4. The number of hydrogen-bond donors (Lipinski definition) is 0. The van der Waals surface area contributed by atoms with Gasteiger partial charge in [-0.3, -0.25) is 4.79 Å². The Kier molecular flexibility index (Phi) is 4.96. The number of carbonyl (C=O) groups is 1. The number of amides is 1. The first-order valence-corrected chi connectivity index (χ1v) is 7.71. The zero-order chi connectivity index (χ0) is 13.7. The van der Waals surface area contributed by atoms with Gasteiger partial charge >= 0.3 is 0 Å².